The number of amides is 3. The molecule has 3 amide bonds. The Morgan fingerprint density at radius 3 is 2.28 bits per heavy atom. The van der Waals surface area contributed by atoms with E-state index in [1.54, 1.807) is 4.90 Å². The quantitative estimate of drug-likeness (QED) is 0.454. The van der Waals surface area contributed by atoms with Crippen LogP contribution in [0.5, 0.6) is 0 Å². The molecule has 6 rings (SSSR count). The van der Waals surface area contributed by atoms with Gasteiger partial charge < -0.3 is 20.3 Å². The molecule has 0 spiro atoms. The smallest absolute Gasteiger partial charge is 0.328 e. The predicted molar refractivity (Wildman–Crippen MR) is 157 cm³/mol. The average molecular weight is 588 g/mol. The van der Waals surface area contributed by atoms with Gasteiger partial charge in [0.1, 0.15) is 23.8 Å². The lowest BCUT2D eigenvalue weighted by Gasteiger charge is -2.36. The highest BCUT2D eigenvalue weighted by Crippen LogP contribution is 2.65. The largest absolute Gasteiger partial charge is 0.467 e. The normalized spacial score (nSPS) is 25.7. The summed E-state index contributed by atoms with van der Waals surface area (Å²) in [6.45, 7) is 4.71. The number of hydrogen-bond donors (Lipinski definition) is 2. The Hall–Kier alpha value is -3.82. The SMILES string of the molecule is COC(=O)[C@@H]1[C@@H]2[C@H](CN1C(=O)[C@@H](NC(=O)[C@@H](NC(=O)c1cnccn1)C1CCCCC1)C1Cc3ccccc3C1)C2(C)C. The number of fused-ring (bicyclic) bond motifs is 2. The summed E-state index contributed by atoms with van der Waals surface area (Å²) < 4.78 is 5.17. The van der Waals surface area contributed by atoms with Gasteiger partial charge in [0.25, 0.3) is 5.91 Å². The molecule has 1 aromatic heterocycles. The molecular formula is C33H41N5O5. The first-order valence-electron chi connectivity index (χ1n) is 15.5. The van der Waals surface area contributed by atoms with Crippen LogP contribution < -0.4 is 10.6 Å². The summed E-state index contributed by atoms with van der Waals surface area (Å²) in [5, 5.41) is 6.05. The molecule has 1 aromatic carbocycles. The van der Waals surface area contributed by atoms with E-state index >= 15 is 0 Å². The second kappa shape index (κ2) is 11.7. The van der Waals surface area contributed by atoms with Crippen molar-refractivity contribution in [2.75, 3.05) is 13.7 Å². The molecule has 0 bridgehead atoms. The van der Waals surface area contributed by atoms with Crippen LogP contribution in [0.1, 0.15) is 67.6 Å². The lowest BCUT2D eigenvalue weighted by Crippen LogP contribution is -2.60. The van der Waals surface area contributed by atoms with E-state index in [1.807, 2.05) is 12.1 Å². The first-order chi connectivity index (χ1) is 20.7. The maximum atomic E-state index is 14.5. The maximum absolute atomic E-state index is 14.5. The van der Waals surface area contributed by atoms with Gasteiger partial charge in [-0.15, -0.1) is 0 Å². The number of nitrogens with one attached hydrogen (secondary N) is 2. The zero-order valence-electron chi connectivity index (χ0n) is 25.1. The van der Waals surface area contributed by atoms with Crippen molar-refractivity contribution in [3.8, 4) is 0 Å². The number of aromatic nitrogens is 2. The monoisotopic (exact) mass is 587 g/mol. The summed E-state index contributed by atoms with van der Waals surface area (Å²) in [4.78, 5) is 64.6. The van der Waals surface area contributed by atoms with Crippen LogP contribution in [0.3, 0.4) is 0 Å². The van der Waals surface area contributed by atoms with E-state index in [4.69, 9.17) is 4.74 Å². The highest BCUT2D eigenvalue weighted by atomic mass is 16.5. The fraction of sp³-hybridized carbons (Fsp3) is 0.576. The van der Waals surface area contributed by atoms with Gasteiger partial charge in [0, 0.05) is 24.9 Å². The topological polar surface area (TPSA) is 131 Å². The van der Waals surface area contributed by atoms with Crippen molar-refractivity contribution in [2.24, 2.45) is 29.1 Å². The Morgan fingerprint density at radius 2 is 1.65 bits per heavy atom. The fourth-order valence-electron chi connectivity index (χ4n) is 8.03. The number of benzene rings is 1. The second-order valence-corrected chi connectivity index (χ2v) is 13.3. The summed E-state index contributed by atoms with van der Waals surface area (Å²) in [6.07, 6.45) is 10.2. The summed E-state index contributed by atoms with van der Waals surface area (Å²) in [5.74, 6) is -1.52. The molecule has 3 fully saturated rings. The Labute approximate surface area is 252 Å². The maximum Gasteiger partial charge on any atom is 0.328 e. The van der Waals surface area contributed by atoms with Gasteiger partial charge in [0.2, 0.25) is 11.8 Å². The van der Waals surface area contributed by atoms with E-state index in [1.165, 1.54) is 25.7 Å². The first-order valence-corrected chi connectivity index (χ1v) is 15.5. The van der Waals surface area contributed by atoms with Crippen molar-refractivity contribution in [2.45, 2.75) is 76.9 Å². The summed E-state index contributed by atoms with van der Waals surface area (Å²) in [5.41, 5.74) is 2.41. The highest BCUT2D eigenvalue weighted by Gasteiger charge is 2.70. The number of carbonyl (C=O) groups excluding carboxylic acids is 4. The number of piperidine rings is 1. The zero-order valence-corrected chi connectivity index (χ0v) is 25.1. The van der Waals surface area contributed by atoms with Crippen LogP contribution in [-0.4, -0.2) is 70.3 Å². The number of carbonyl (C=O) groups is 4. The van der Waals surface area contributed by atoms with Crippen LogP contribution in [-0.2, 0) is 32.0 Å². The Kier molecular flexibility index (Phi) is 7.96. The van der Waals surface area contributed by atoms with E-state index in [-0.39, 0.29) is 46.6 Å². The third kappa shape index (κ3) is 5.52. The standard InChI is InChI=1S/C33H41N5O5/c1-33(2)23-18-38(28(25(23)33)32(42)43-3)31(41)27(22-15-20-11-7-8-12-21(20)16-22)37-30(40)26(19-9-5-4-6-10-19)36-29(39)24-17-34-13-14-35-24/h7-8,11-14,17,19,22-23,25-28H,4-6,9-10,15-16,18H2,1-3H3,(H,36,39)(H,37,40)/t23-,25-,26-,27-,28-/m0/s1. The first kappa shape index (κ1) is 29.3. The van der Waals surface area contributed by atoms with E-state index in [0.29, 0.717) is 19.4 Å². The van der Waals surface area contributed by atoms with Crippen LogP contribution in [0.25, 0.3) is 0 Å². The number of nitrogens with zero attached hydrogens (tertiary/aromatic N) is 3. The van der Waals surface area contributed by atoms with Crippen molar-refractivity contribution in [1.82, 2.24) is 25.5 Å². The molecule has 2 aromatic rings. The summed E-state index contributed by atoms with van der Waals surface area (Å²) in [6, 6.07) is 5.75. The molecule has 5 atom stereocenters. The van der Waals surface area contributed by atoms with Crippen molar-refractivity contribution in [3.63, 3.8) is 0 Å². The van der Waals surface area contributed by atoms with E-state index < -0.39 is 30.0 Å². The average Bonchev–Trinajstić information content (AvgIpc) is 3.39. The zero-order chi connectivity index (χ0) is 30.3. The summed E-state index contributed by atoms with van der Waals surface area (Å²) >= 11 is 0. The fourth-order valence-corrected chi connectivity index (χ4v) is 8.03. The minimum Gasteiger partial charge on any atom is -0.467 e. The Balaban J connectivity index is 1.28. The molecule has 1 aliphatic heterocycles. The molecule has 2 N–H and O–H groups in total. The number of esters is 1. The molecule has 2 heterocycles. The second-order valence-electron chi connectivity index (χ2n) is 13.3. The van der Waals surface area contributed by atoms with Crippen LogP contribution in [0, 0.1) is 29.1 Å². The van der Waals surface area contributed by atoms with E-state index in [0.717, 1.165) is 43.2 Å². The number of hydrogen-bond acceptors (Lipinski definition) is 7. The molecular weight excluding hydrogens is 546 g/mol. The molecule has 2 saturated carbocycles. The van der Waals surface area contributed by atoms with Gasteiger partial charge in [-0.25, -0.2) is 9.78 Å². The number of likely N-dealkylation sites (tertiary alicyclic amines) is 1. The van der Waals surface area contributed by atoms with Crippen molar-refractivity contribution < 1.29 is 23.9 Å². The number of ether oxygens (including phenoxy) is 1. The Bertz CT molecular complexity index is 1370. The van der Waals surface area contributed by atoms with Crippen LogP contribution in [0.15, 0.2) is 42.9 Å². The molecule has 10 nitrogen and oxygen atoms in total. The van der Waals surface area contributed by atoms with Crippen LogP contribution in [0.2, 0.25) is 0 Å². The van der Waals surface area contributed by atoms with Gasteiger partial charge in [-0.1, -0.05) is 57.4 Å². The lowest BCUT2D eigenvalue weighted by molar-refractivity contribution is -0.154. The van der Waals surface area contributed by atoms with Crippen molar-refractivity contribution in [1.29, 1.82) is 0 Å². The molecule has 0 radical (unpaired) electrons. The third-order valence-electron chi connectivity index (χ3n) is 10.5. The van der Waals surface area contributed by atoms with Gasteiger partial charge in [0.15, 0.2) is 0 Å². The third-order valence-corrected chi connectivity index (χ3v) is 10.5. The van der Waals surface area contributed by atoms with Gasteiger partial charge in [-0.3, -0.25) is 19.4 Å². The minimum absolute atomic E-state index is 0.0299. The van der Waals surface area contributed by atoms with Gasteiger partial charge in [-0.05, 0) is 60.0 Å². The lowest BCUT2D eigenvalue weighted by atomic mass is 9.83. The number of rotatable bonds is 8. The van der Waals surface area contributed by atoms with Crippen LogP contribution >= 0.6 is 0 Å². The van der Waals surface area contributed by atoms with Crippen molar-refractivity contribution >= 4 is 23.7 Å². The van der Waals surface area contributed by atoms with Gasteiger partial charge in [0.05, 0.1) is 13.3 Å². The molecule has 1 saturated heterocycles. The van der Waals surface area contributed by atoms with Crippen molar-refractivity contribution in [3.05, 3.63) is 59.7 Å². The highest BCUT2D eigenvalue weighted by molar-refractivity contribution is 5.98. The van der Waals surface area contributed by atoms with Gasteiger partial charge >= 0.3 is 5.97 Å². The predicted octanol–water partition coefficient (Wildman–Crippen LogP) is 2.71. The molecule has 4 aliphatic rings. The Morgan fingerprint density at radius 1 is 0.953 bits per heavy atom. The number of methoxy groups -OCH3 is 1. The minimum atomic E-state index is -0.854. The van der Waals surface area contributed by atoms with Crippen LogP contribution in [0.4, 0.5) is 0 Å². The molecule has 228 valence electrons. The van der Waals surface area contributed by atoms with E-state index in [2.05, 4.69) is 46.6 Å². The molecule has 10 heteroatoms. The van der Waals surface area contributed by atoms with E-state index in [9.17, 15) is 19.2 Å². The van der Waals surface area contributed by atoms with Gasteiger partial charge in [-0.2, -0.15) is 0 Å². The summed E-state index contributed by atoms with van der Waals surface area (Å²) in [7, 11) is 1.36. The molecule has 43 heavy (non-hydrogen) atoms. The molecule has 0 unspecified atom stereocenters. The molecule has 3 aliphatic carbocycles.